The SMILES string of the molecule is COc1ccc(OC[C@H](C)NC(=O)[C@@H](C)N(c2cccc(Cl)c2)S(C)(=O)=O)cc1. The molecule has 9 heteroatoms. The van der Waals surface area contributed by atoms with Gasteiger partial charge in [0.1, 0.15) is 24.1 Å². The summed E-state index contributed by atoms with van der Waals surface area (Å²) in [7, 11) is -2.12. The number of carbonyl (C=O) groups excluding carboxylic acids is 1. The molecule has 29 heavy (non-hydrogen) atoms. The fraction of sp³-hybridized carbons (Fsp3) is 0.350. The quantitative estimate of drug-likeness (QED) is 0.647. The number of nitrogens with zero attached hydrogens (tertiary/aromatic N) is 1. The summed E-state index contributed by atoms with van der Waals surface area (Å²) < 4.78 is 36.4. The number of nitrogens with one attached hydrogen (secondary N) is 1. The van der Waals surface area contributed by atoms with Crippen molar-refractivity contribution in [1.29, 1.82) is 0 Å². The lowest BCUT2D eigenvalue weighted by atomic mass is 10.2. The van der Waals surface area contributed by atoms with Crippen LogP contribution < -0.4 is 19.1 Å². The standard InChI is InChI=1S/C20H25ClN2O5S/c1-14(13-28-19-10-8-18(27-3)9-11-19)22-20(24)15(2)23(29(4,25)26)17-7-5-6-16(21)12-17/h5-12,14-15H,13H2,1-4H3,(H,22,24)/t14-,15+/m0/s1. The Morgan fingerprint density at radius 1 is 1.14 bits per heavy atom. The number of amides is 1. The highest BCUT2D eigenvalue weighted by atomic mass is 35.5. The van der Waals surface area contributed by atoms with Gasteiger partial charge in [-0.2, -0.15) is 0 Å². The van der Waals surface area contributed by atoms with Crippen molar-refractivity contribution in [1.82, 2.24) is 5.32 Å². The van der Waals surface area contributed by atoms with Gasteiger partial charge in [-0.25, -0.2) is 8.42 Å². The first-order valence-electron chi connectivity index (χ1n) is 8.94. The molecule has 7 nitrogen and oxygen atoms in total. The van der Waals surface area contributed by atoms with E-state index in [0.29, 0.717) is 16.5 Å². The number of methoxy groups -OCH3 is 1. The van der Waals surface area contributed by atoms with Gasteiger partial charge in [-0.15, -0.1) is 0 Å². The second-order valence-corrected chi connectivity index (χ2v) is 8.91. The van der Waals surface area contributed by atoms with Crippen LogP contribution in [0.1, 0.15) is 13.8 Å². The minimum absolute atomic E-state index is 0.223. The third-order valence-corrected chi connectivity index (χ3v) is 5.58. The summed E-state index contributed by atoms with van der Waals surface area (Å²) >= 11 is 5.98. The van der Waals surface area contributed by atoms with Gasteiger partial charge in [-0.3, -0.25) is 9.10 Å². The van der Waals surface area contributed by atoms with Gasteiger partial charge in [0.2, 0.25) is 15.9 Å². The molecule has 0 fully saturated rings. The Labute approximate surface area is 176 Å². The summed E-state index contributed by atoms with van der Waals surface area (Å²) in [5.74, 6) is 0.910. The number of benzene rings is 2. The molecule has 1 amide bonds. The lowest BCUT2D eigenvalue weighted by molar-refractivity contribution is -0.122. The maximum absolute atomic E-state index is 12.7. The molecule has 0 aliphatic rings. The Balaban J connectivity index is 2.02. The average molecular weight is 441 g/mol. The smallest absolute Gasteiger partial charge is 0.243 e. The predicted octanol–water partition coefficient (Wildman–Crippen LogP) is 3.09. The molecule has 0 aliphatic heterocycles. The first-order chi connectivity index (χ1) is 13.6. The zero-order valence-corrected chi connectivity index (χ0v) is 18.3. The largest absolute Gasteiger partial charge is 0.497 e. The van der Waals surface area contributed by atoms with Crippen molar-refractivity contribution in [2.45, 2.75) is 25.9 Å². The summed E-state index contributed by atoms with van der Waals surface area (Å²) in [6, 6.07) is 12.1. The fourth-order valence-electron chi connectivity index (χ4n) is 2.72. The van der Waals surface area contributed by atoms with E-state index in [0.717, 1.165) is 16.3 Å². The highest BCUT2D eigenvalue weighted by molar-refractivity contribution is 7.92. The maximum atomic E-state index is 12.7. The molecule has 0 saturated carbocycles. The molecule has 0 bridgehead atoms. The summed E-state index contributed by atoms with van der Waals surface area (Å²) in [5, 5.41) is 3.16. The first-order valence-corrected chi connectivity index (χ1v) is 11.2. The van der Waals surface area contributed by atoms with Crippen molar-refractivity contribution in [2.75, 3.05) is 24.3 Å². The van der Waals surface area contributed by atoms with E-state index in [-0.39, 0.29) is 12.6 Å². The molecule has 158 valence electrons. The number of hydrogen-bond donors (Lipinski definition) is 1. The van der Waals surface area contributed by atoms with E-state index in [1.54, 1.807) is 56.5 Å². The monoisotopic (exact) mass is 440 g/mol. The molecule has 1 N–H and O–H groups in total. The molecule has 2 rings (SSSR count). The Kier molecular flexibility index (Phi) is 7.75. The number of sulfonamides is 1. The Morgan fingerprint density at radius 3 is 2.31 bits per heavy atom. The second-order valence-electron chi connectivity index (χ2n) is 6.61. The molecule has 0 heterocycles. The van der Waals surface area contributed by atoms with Crippen LogP contribution >= 0.6 is 11.6 Å². The van der Waals surface area contributed by atoms with Gasteiger partial charge < -0.3 is 14.8 Å². The van der Waals surface area contributed by atoms with Gasteiger partial charge >= 0.3 is 0 Å². The molecule has 0 radical (unpaired) electrons. The lowest BCUT2D eigenvalue weighted by Gasteiger charge is -2.29. The van der Waals surface area contributed by atoms with E-state index in [1.165, 1.54) is 13.0 Å². The topological polar surface area (TPSA) is 84.9 Å². The zero-order valence-electron chi connectivity index (χ0n) is 16.8. The van der Waals surface area contributed by atoms with Gasteiger partial charge in [0.05, 0.1) is 25.1 Å². The van der Waals surface area contributed by atoms with Crippen molar-refractivity contribution in [3.63, 3.8) is 0 Å². The first kappa shape index (κ1) is 22.8. The van der Waals surface area contributed by atoms with Crippen molar-refractivity contribution < 1.29 is 22.7 Å². The van der Waals surface area contributed by atoms with E-state index < -0.39 is 22.0 Å². The normalized spacial score (nSPS) is 13.3. The van der Waals surface area contributed by atoms with Crippen LogP contribution in [-0.2, 0) is 14.8 Å². The van der Waals surface area contributed by atoms with Crippen molar-refractivity contribution in [3.05, 3.63) is 53.6 Å². The molecular weight excluding hydrogens is 416 g/mol. The van der Waals surface area contributed by atoms with Crippen LogP contribution in [-0.4, -0.2) is 46.4 Å². The summed E-state index contributed by atoms with van der Waals surface area (Å²) in [6.07, 6.45) is 1.05. The molecule has 0 spiro atoms. The highest BCUT2D eigenvalue weighted by Crippen LogP contribution is 2.24. The van der Waals surface area contributed by atoms with Crippen molar-refractivity contribution in [3.8, 4) is 11.5 Å². The van der Waals surface area contributed by atoms with E-state index in [9.17, 15) is 13.2 Å². The minimum atomic E-state index is -3.71. The Bertz CT molecular complexity index is 934. The van der Waals surface area contributed by atoms with Crippen LogP contribution in [0, 0.1) is 0 Å². The molecule has 0 unspecified atom stereocenters. The summed E-state index contributed by atoms with van der Waals surface area (Å²) in [6.45, 7) is 3.52. The Morgan fingerprint density at radius 2 is 1.76 bits per heavy atom. The van der Waals surface area contributed by atoms with Crippen molar-refractivity contribution in [2.24, 2.45) is 0 Å². The molecule has 0 aliphatic carbocycles. The molecular formula is C20H25ClN2O5S. The van der Waals surface area contributed by atoms with Crippen LogP contribution in [0.25, 0.3) is 0 Å². The van der Waals surface area contributed by atoms with E-state index in [4.69, 9.17) is 21.1 Å². The van der Waals surface area contributed by atoms with E-state index >= 15 is 0 Å². The van der Waals surface area contributed by atoms with E-state index in [1.807, 2.05) is 0 Å². The number of ether oxygens (including phenoxy) is 2. The Hall–Kier alpha value is -2.45. The number of halogens is 1. The number of rotatable bonds is 9. The summed E-state index contributed by atoms with van der Waals surface area (Å²) in [4.78, 5) is 12.7. The fourth-order valence-corrected chi connectivity index (χ4v) is 4.07. The number of anilines is 1. The van der Waals surface area contributed by atoms with Gasteiger partial charge in [0.15, 0.2) is 0 Å². The molecule has 0 aromatic heterocycles. The number of carbonyl (C=O) groups is 1. The van der Waals surface area contributed by atoms with Crippen molar-refractivity contribution >= 4 is 33.2 Å². The van der Waals surface area contributed by atoms with E-state index in [2.05, 4.69) is 5.32 Å². The summed E-state index contributed by atoms with van der Waals surface area (Å²) in [5.41, 5.74) is 0.324. The third kappa shape index (κ3) is 6.54. The van der Waals surface area contributed by atoms with Gasteiger partial charge in [0, 0.05) is 5.02 Å². The van der Waals surface area contributed by atoms with Crippen LogP contribution in [0.2, 0.25) is 5.02 Å². The highest BCUT2D eigenvalue weighted by Gasteiger charge is 2.29. The molecule has 2 aromatic carbocycles. The molecule has 2 aromatic rings. The van der Waals surface area contributed by atoms with Gasteiger partial charge in [-0.1, -0.05) is 17.7 Å². The average Bonchev–Trinajstić information content (AvgIpc) is 2.65. The maximum Gasteiger partial charge on any atom is 0.243 e. The third-order valence-electron chi connectivity index (χ3n) is 4.10. The van der Waals surface area contributed by atoms with Crippen LogP contribution in [0.15, 0.2) is 48.5 Å². The molecule has 0 saturated heterocycles. The number of hydrogen-bond acceptors (Lipinski definition) is 5. The zero-order chi connectivity index (χ0) is 21.6. The second kappa shape index (κ2) is 9.84. The predicted molar refractivity (Wildman–Crippen MR) is 114 cm³/mol. The van der Waals surface area contributed by atoms with Crippen LogP contribution in [0.5, 0.6) is 11.5 Å². The van der Waals surface area contributed by atoms with Gasteiger partial charge in [0.25, 0.3) is 0 Å². The minimum Gasteiger partial charge on any atom is -0.497 e. The lowest BCUT2D eigenvalue weighted by Crippen LogP contribution is -2.50. The van der Waals surface area contributed by atoms with Crippen LogP contribution in [0.4, 0.5) is 5.69 Å². The molecule has 2 atom stereocenters. The van der Waals surface area contributed by atoms with Gasteiger partial charge in [-0.05, 0) is 56.3 Å². The van der Waals surface area contributed by atoms with Crippen LogP contribution in [0.3, 0.4) is 0 Å².